The molecule has 2 rings (SSSR count). The van der Waals surface area contributed by atoms with Gasteiger partial charge in [0.25, 0.3) is 0 Å². The van der Waals surface area contributed by atoms with Crippen LogP contribution in [0.5, 0.6) is 0 Å². The molecule has 13 heavy (non-hydrogen) atoms. The number of hydrogen-bond donors (Lipinski definition) is 0. The van der Waals surface area contributed by atoms with E-state index in [4.69, 9.17) is 0 Å². The normalized spacial score (nSPS) is 18.8. The first kappa shape index (κ1) is 9.13. The lowest BCUT2D eigenvalue weighted by molar-refractivity contribution is 0.527. The van der Waals surface area contributed by atoms with E-state index < -0.39 is 11.6 Å². The molecule has 0 bridgehead atoms. The first-order chi connectivity index (χ1) is 6.03. The van der Waals surface area contributed by atoms with Gasteiger partial charge >= 0.3 is 0 Å². The summed E-state index contributed by atoms with van der Waals surface area (Å²) in [6.45, 7) is 1.89. The van der Waals surface area contributed by atoms with Crippen molar-refractivity contribution in [2.45, 2.75) is 25.2 Å². The second-order valence-electron chi connectivity index (χ2n) is 3.81. The van der Waals surface area contributed by atoms with E-state index in [-0.39, 0.29) is 11.0 Å². The molecule has 0 amide bonds. The zero-order chi connectivity index (χ0) is 9.64. The minimum atomic E-state index is -0.438. The van der Waals surface area contributed by atoms with Crippen LogP contribution in [0.3, 0.4) is 0 Å². The van der Waals surface area contributed by atoms with Crippen molar-refractivity contribution in [1.82, 2.24) is 0 Å². The molecule has 1 aliphatic carbocycles. The fraction of sp³-hybridized carbons (Fsp3) is 0.400. The highest BCUT2D eigenvalue weighted by atomic mass is 79.9. The monoisotopic (exact) mass is 246 g/mol. The lowest BCUT2D eigenvalue weighted by Gasteiger charge is -2.11. The Morgan fingerprint density at radius 1 is 1.23 bits per heavy atom. The lowest BCUT2D eigenvalue weighted by Crippen LogP contribution is -2.07. The first-order valence-electron chi connectivity index (χ1n) is 4.18. The molecule has 0 heterocycles. The average molecular weight is 247 g/mol. The van der Waals surface area contributed by atoms with Gasteiger partial charge in [-0.1, -0.05) is 22.9 Å². The van der Waals surface area contributed by atoms with Crippen LogP contribution in [0.4, 0.5) is 8.78 Å². The number of rotatable bonds is 1. The Bertz CT molecular complexity index is 333. The van der Waals surface area contributed by atoms with Crippen LogP contribution < -0.4 is 0 Å². The summed E-state index contributed by atoms with van der Waals surface area (Å²) in [5, 5.41) is 0. The van der Waals surface area contributed by atoms with Crippen molar-refractivity contribution in [1.29, 1.82) is 0 Å². The summed E-state index contributed by atoms with van der Waals surface area (Å²) in [7, 11) is 0. The van der Waals surface area contributed by atoms with Crippen molar-refractivity contribution in [3.05, 3.63) is 33.8 Å². The number of halogens is 3. The predicted molar refractivity (Wildman–Crippen MR) is 50.6 cm³/mol. The van der Waals surface area contributed by atoms with Crippen LogP contribution in [0.2, 0.25) is 0 Å². The SMILES string of the molecule is CC1(c2c(F)cc(Br)cc2F)CC1. The second-order valence-corrected chi connectivity index (χ2v) is 4.72. The molecule has 1 fully saturated rings. The molecule has 1 aromatic carbocycles. The molecule has 0 saturated heterocycles. The lowest BCUT2D eigenvalue weighted by atomic mass is 9.97. The van der Waals surface area contributed by atoms with Crippen LogP contribution in [-0.4, -0.2) is 0 Å². The molecule has 0 unspecified atom stereocenters. The third kappa shape index (κ3) is 1.50. The smallest absolute Gasteiger partial charge is 0.131 e. The molecule has 0 N–H and O–H groups in total. The number of hydrogen-bond acceptors (Lipinski definition) is 0. The van der Waals surface area contributed by atoms with E-state index in [9.17, 15) is 8.78 Å². The van der Waals surface area contributed by atoms with E-state index in [2.05, 4.69) is 15.9 Å². The highest BCUT2D eigenvalue weighted by Crippen LogP contribution is 2.49. The predicted octanol–water partition coefficient (Wildman–Crippen LogP) is 3.78. The van der Waals surface area contributed by atoms with Gasteiger partial charge in [0.1, 0.15) is 11.6 Å². The highest BCUT2D eigenvalue weighted by Gasteiger charge is 2.43. The topological polar surface area (TPSA) is 0 Å². The Kier molecular flexibility index (Phi) is 1.95. The summed E-state index contributed by atoms with van der Waals surface area (Å²) in [4.78, 5) is 0. The summed E-state index contributed by atoms with van der Waals surface area (Å²) >= 11 is 3.05. The quantitative estimate of drug-likeness (QED) is 0.708. The van der Waals surface area contributed by atoms with Gasteiger partial charge in [-0.25, -0.2) is 8.78 Å². The third-order valence-electron chi connectivity index (χ3n) is 2.61. The molecule has 0 radical (unpaired) electrons. The van der Waals surface area contributed by atoms with E-state index in [1.165, 1.54) is 12.1 Å². The van der Waals surface area contributed by atoms with Crippen molar-refractivity contribution in [3.63, 3.8) is 0 Å². The van der Waals surface area contributed by atoms with Crippen LogP contribution in [0.25, 0.3) is 0 Å². The number of benzene rings is 1. The maximum absolute atomic E-state index is 13.4. The van der Waals surface area contributed by atoms with E-state index in [0.717, 1.165) is 12.8 Å². The highest BCUT2D eigenvalue weighted by molar-refractivity contribution is 9.10. The van der Waals surface area contributed by atoms with E-state index in [1.54, 1.807) is 0 Å². The molecule has 1 aromatic rings. The molecule has 3 heteroatoms. The second kappa shape index (κ2) is 2.77. The molecular formula is C10H9BrF2. The van der Waals surface area contributed by atoms with E-state index in [0.29, 0.717) is 4.47 Å². The van der Waals surface area contributed by atoms with Gasteiger partial charge in [0.05, 0.1) is 0 Å². The fourth-order valence-electron chi connectivity index (χ4n) is 1.56. The molecule has 1 saturated carbocycles. The summed E-state index contributed by atoms with van der Waals surface area (Å²) in [5.74, 6) is -0.876. The molecule has 0 spiro atoms. The Hall–Kier alpha value is -0.440. The molecule has 0 aromatic heterocycles. The van der Waals surface area contributed by atoms with Crippen LogP contribution in [0, 0.1) is 11.6 Å². The molecule has 70 valence electrons. The van der Waals surface area contributed by atoms with Gasteiger partial charge in [-0.05, 0) is 30.4 Å². The molecular weight excluding hydrogens is 238 g/mol. The van der Waals surface area contributed by atoms with E-state index in [1.807, 2.05) is 6.92 Å². The molecule has 0 atom stereocenters. The maximum atomic E-state index is 13.4. The van der Waals surface area contributed by atoms with Gasteiger partial charge in [-0.3, -0.25) is 0 Å². The Balaban J connectivity index is 2.57. The van der Waals surface area contributed by atoms with Crippen LogP contribution in [0.15, 0.2) is 16.6 Å². The summed E-state index contributed by atoms with van der Waals surface area (Å²) in [6, 6.07) is 2.64. The van der Waals surface area contributed by atoms with Crippen molar-refractivity contribution < 1.29 is 8.78 Å². The summed E-state index contributed by atoms with van der Waals surface area (Å²) in [5.41, 5.74) is -0.00907. The molecule has 0 nitrogen and oxygen atoms in total. The van der Waals surface area contributed by atoms with Crippen LogP contribution in [-0.2, 0) is 5.41 Å². The van der Waals surface area contributed by atoms with Gasteiger partial charge < -0.3 is 0 Å². The molecule has 0 aliphatic heterocycles. The van der Waals surface area contributed by atoms with Crippen molar-refractivity contribution in [2.75, 3.05) is 0 Å². The standard InChI is InChI=1S/C10H9BrF2/c1-10(2-3-10)9-7(12)4-6(11)5-8(9)13/h4-5H,2-3H2,1H3. The van der Waals surface area contributed by atoms with Crippen LogP contribution in [0.1, 0.15) is 25.3 Å². The fourth-order valence-corrected chi connectivity index (χ4v) is 1.96. The maximum Gasteiger partial charge on any atom is 0.131 e. The van der Waals surface area contributed by atoms with Gasteiger partial charge in [0, 0.05) is 10.0 Å². The largest absolute Gasteiger partial charge is 0.207 e. The Morgan fingerprint density at radius 2 is 1.69 bits per heavy atom. The van der Waals surface area contributed by atoms with Gasteiger partial charge in [0.15, 0.2) is 0 Å². The van der Waals surface area contributed by atoms with E-state index >= 15 is 0 Å². The zero-order valence-corrected chi connectivity index (χ0v) is 8.79. The van der Waals surface area contributed by atoms with Gasteiger partial charge in [-0.15, -0.1) is 0 Å². The van der Waals surface area contributed by atoms with Crippen molar-refractivity contribution in [3.8, 4) is 0 Å². The Labute approximate surface area is 84.1 Å². The average Bonchev–Trinajstić information content (AvgIpc) is 2.65. The van der Waals surface area contributed by atoms with Crippen LogP contribution >= 0.6 is 15.9 Å². The molecule has 1 aliphatic rings. The minimum absolute atomic E-state index is 0.246. The van der Waals surface area contributed by atoms with Crippen molar-refractivity contribution in [2.24, 2.45) is 0 Å². The van der Waals surface area contributed by atoms with Crippen molar-refractivity contribution >= 4 is 15.9 Å². The zero-order valence-electron chi connectivity index (χ0n) is 7.20. The third-order valence-corrected chi connectivity index (χ3v) is 3.07. The van der Waals surface area contributed by atoms with Gasteiger partial charge in [-0.2, -0.15) is 0 Å². The Morgan fingerprint density at radius 3 is 2.08 bits per heavy atom. The summed E-state index contributed by atoms with van der Waals surface area (Å²) < 4.78 is 27.2. The van der Waals surface area contributed by atoms with Gasteiger partial charge in [0.2, 0.25) is 0 Å². The minimum Gasteiger partial charge on any atom is -0.207 e. The summed E-state index contributed by atoms with van der Waals surface area (Å²) in [6.07, 6.45) is 1.75. The first-order valence-corrected chi connectivity index (χ1v) is 4.97.